The average molecular weight is 507 g/mol. The van der Waals surface area contributed by atoms with Gasteiger partial charge in [-0.05, 0) is 44.9 Å². The summed E-state index contributed by atoms with van der Waals surface area (Å²) in [6.07, 6.45) is -10.3. The molecular formula is C24H42O11. The molecule has 1 aliphatic carbocycles. The molecule has 2 heterocycles. The minimum Gasteiger partial charge on any atom is -0.393 e. The van der Waals surface area contributed by atoms with Crippen molar-refractivity contribution >= 4 is 0 Å². The molecule has 0 aromatic rings. The standard InChI is InChI=1S/C24H42O11/c1-11-7-13(25)8-24(3,4)14(11)6-5-12(2)34-23-21(31)19(29)18(28)16(35-23)10-33-22-20(30)17(27)15(26)9-32-22/h12-13,15-23,25-31H,5-10H2,1-4H3. The van der Waals surface area contributed by atoms with E-state index < -0.39 is 55.3 Å². The van der Waals surface area contributed by atoms with Crippen LogP contribution in [0.4, 0.5) is 0 Å². The van der Waals surface area contributed by atoms with Crippen LogP contribution in [0.5, 0.6) is 0 Å². The van der Waals surface area contributed by atoms with Crippen molar-refractivity contribution in [1.29, 1.82) is 0 Å². The highest BCUT2D eigenvalue weighted by atomic mass is 16.7. The number of aliphatic hydroxyl groups is 7. The maximum atomic E-state index is 10.4. The third-order valence-corrected chi connectivity index (χ3v) is 7.33. The van der Waals surface area contributed by atoms with Crippen molar-refractivity contribution in [2.24, 2.45) is 5.41 Å². The van der Waals surface area contributed by atoms with Crippen LogP contribution < -0.4 is 0 Å². The van der Waals surface area contributed by atoms with Crippen LogP contribution in [-0.4, -0.2) is 116 Å². The number of hydrogen-bond donors (Lipinski definition) is 7. The summed E-state index contributed by atoms with van der Waals surface area (Å²) in [5.74, 6) is 0. The van der Waals surface area contributed by atoms with Crippen molar-refractivity contribution in [2.45, 2.75) is 121 Å². The van der Waals surface area contributed by atoms with Crippen LogP contribution >= 0.6 is 0 Å². The second kappa shape index (κ2) is 11.8. The molecule has 2 saturated heterocycles. The Morgan fingerprint density at radius 2 is 1.60 bits per heavy atom. The summed E-state index contributed by atoms with van der Waals surface area (Å²) in [6, 6.07) is 0. The number of hydrogen-bond acceptors (Lipinski definition) is 11. The second-order valence-electron chi connectivity index (χ2n) is 10.8. The van der Waals surface area contributed by atoms with E-state index >= 15 is 0 Å². The fraction of sp³-hybridized carbons (Fsp3) is 0.917. The van der Waals surface area contributed by atoms with E-state index in [1.54, 1.807) is 0 Å². The summed E-state index contributed by atoms with van der Waals surface area (Å²) in [7, 11) is 0. The van der Waals surface area contributed by atoms with Crippen molar-refractivity contribution in [3.8, 4) is 0 Å². The Kier molecular flexibility index (Phi) is 9.72. The Balaban J connectivity index is 1.55. The van der Waals surface area contributed by atoms with Gasteiger partial charge in [-0.25, -0.2) is 0 Å². The van der Waals surface area contributed by atoms with E-state index in [1.165, 1.54) is 11.1 Å². The molecule has 7 N–H and O–H groups in total. The molecule has 0 radical (unpaired) electrons. The Morgan fingerprint density at radius 1 is 0.943 bits per heavy atom. The van der Waals surface area contributed by atoms with E-state index in [-0.39, 0.29) is 30.8 Å². The van der Waals surface area contributed by atoms with Gasteiger partial charge in [-0.2, -0.15) is 0 Å². The summed E-state index contributed by atoms with van der Waals surface area (Å²) in [5.41, 5.74) is 2.33. The summed E-state index contributed by atoms with van der Waals surface area (Å²) in [4.78, 5) is 0. The van der Waals surface area contributed by atoms with E-state index in [0.29, 0.717) is 19.3 Å². The summed E-state index contributed by atoms with van der Waals surface area (Å²) >= 11 is 0. The lowest BCUT2D eigenvalue weighted by Crippen LogP contribution is -2.60. The first kappa shape index (κ1) is 28.9. The SMILES string of the molecule is CC1=C(CCC(C)OC2OC(COC3OCC(O)C(O)C3O)C(O)C(O)C2O)C(C)(C)CC(O)C1. The lowest BCUT2D eigenvalue weighted by molar-refractivity contribution is -0.326. The first-order chi connectivity index (χ1) is 16.3. The Morgan fingerprint density at radius 3 is 2.26 bits per heavy atom. The fourth-order valence-electron chi connectivity index (χ4n) is 5.32. The van der Waals surface area contributed by atoms with Gasteiger partial charge in [-0.1, -0.05) is 25.0 Å². The van der Waals surface area contributed by atoms with Crippen LogP contribution in [0.2, 0.25) is 0 Å². The Bertz CT molecular complexity index is 728. The molecule has 2 fully saturated rings. The third kappa shape index (κ3) is 6.79. The average Bonchev–Trinajstić information content (AvgIpc) is 2.76. The highest BCUT2D eigenvalue weighted by Crippen LogP contribution is 2.42. The van der Waals surface area contributed by atoms with Crippen LogP contribution in [0, 0.1) is 5.41 Å². The molecule has 0 aromatic heterocycles. The molecule has 35 heavy (non-hydrogen) atoms. The monoisotopic (exact) mass is 506 g/mol. The largest absolute Gasteiger partial charge is 0.393 e. The van der Waals surface area contributed by atoms with Crippen molar-refractivity contribution in [3.63, 3.8) is 0 Å². The first-order valence-electron chi connectivity index (χ1n) is 12.3. The van der Waals surface area contributed by atoms with Gasteiger partial charge in [0.1, 0.15) is 42.7 Å². The molecule has 11 nitrogen and oxygen atoms in total. The topological polar surface area (TPSA) is 179 Å². The molecular weight excluding hydrogens is 464 g/mol. The molecule has 11 atom stereocenters. The van der Waals surface area contributed by atoms with E-state index in [2.05, 4.69) is 13.8 Å². The van der Waals surface area contributed by atoms with Gasteiger partial charge >= 0.3 is 0 Å². The molecule has 3 aliphatic rings. The lowest BCUT2D eigenvalue weighted by Gasteiger charge is -2.42. The highest BCUT2D eigenvalue weighted by molar-refractivity contribution is 5.24. The molecule has 0 aromatic carbocycles. The van der Waals surface area contributed by atoms with E-state index in [1.807, 2.05) is 13.8 Å². The van der Waals surface area contributed by atoms with Gasteiger partial charge in [-0.15, -0.1) is 0 Å². The van der Waals surface area contributed by atoms with Crippen LogP contribution in [0.15, 0.2) is 11.1 Å². The van der Waals surface area contributed by atoms with Gasteiger partial charge < -0.3 is 54.7 Å². The normalized spacial score (nSPS) is 43.3. The zero-order chi connectivity index (χ0) is 26.1. The Hall–Kier alpha value is -0.700. The van der Waals surface area contributed by atoms with Gasteiger partial charge in [-0.3, -0.25) is 0 Å². The van der Waals surface area contributed by atoms with E-state index in [4.69, 9.17) is 18.9 Å². The van der Waals surface area contributed by atoms with E-state index in [0.717, 1.165) is 6.42 Å². The minimum atomic E-state index is -1.55. The predicted octanol–water partition coefficient (Wildman–Crippen LogP) is -1.07. The van der Waals surface area contributed by atoms with Crippen LogP contribution in [0.25, 0.3) is 0 Å². The van der Waals surface area contributed by atoms with Gasteiger partial charge in [0, 0.05) is 0 Å². The predicted molar refractivity (Wildman–Crippen MR) is 122 cm³/mol. The molecule has 0 saturated carbocycles. The maximum absolute atomic E-state index is 10.4. The van der Waals surface area contributed by atoms with Gasteiger partial charge in [0.05, 0.1) is 25.4 Å². The highest BCUT2D eigenvalue weighted by Gasteiger charge is 2.46. The lowest BCUT2D eigenvalue weighted by atomic mass is 9.70. The summed E-state index contributed by atoms with van der Waals surface area (Å²) in [5, 5.41) is 70.5. The molecule has 0 spiro atoms. The zero-order valence-corrected chi connectivity index (χ0v) is 20.9. The number of allylic oxidation sites excluding steroid dienone is 1. The Labute approximate surface area is 205 Å². The molecule has 0 amide bonds. The summed E-state index contributed by atoms with van der Waals surface area (Å²) < 4.78 is 22.2. The molecule has 11 unspecified atom stereocenters. The fourth-order valence-corrected chi connectivity index (χ4v) is 5.32. The maximum Gasteiger partial charge on any atom is 0.186 e. The van der Waals surface area contributed by atoms with Crippen molar-refractivity contribution in [2.75, 3.05) is 13.2 Å². The van der Waals surface area contributed by atoms with Gasteiger partial charge in [0.2, 0.25) is 0 Å². The second-order valence-corrected chi connectivity index (χ2v) is 10.8. The quantitative estimate of drug-likeness (QED) is 0.199. The number of rotatable bonds is 8. The van der Waals surface area contributed by atoms with E-state index in [9.17, 15) is 35.7 Å². The number of aliphatic hydroxyl groups excluding tert-OH is 7. The molecule has 11 heteroatoms. The van der Waals surface area contributed by atoms with Gasteiger partial charge in [0.25, 0.3) is 0 Å². The van der Waals surface area contributed by atoms with Gasteiger partial charge in [0.15, 0.2) is 12.6 Å². The van der Waals surface area contributed by atoms with Crippen LogP contribution in [0.3, 0.4) is 0 Å². The van der Waals surface area contributed by atoms with Crippen molar-refractivity contribution in [3.05, 3.63) is 11.1 Å². The molecule has 3 rings (SSSR count). The smallest absolute Gasteiger partial charge is 0.186 e. The summed E-state index contributed by atoms with van der Waals surface area (Å²) in [6.45, 7) is 7.53. The van der Waals surface area contributed by atoms with Crippen molar-refractivity contribution < 1.29 is 54.7 Å². The molecule has 2 aliphatic heterocycles. The molecule has 0 bridgehead atoms. The van der Waals surface area contributed by atoms with Crippen LogP contribution in [0.1, 0.15) is 53.4 Å². The first-order valence-corrected chi connectivity index (χ1v) is 12.3. The minimum absolute atomic E-state index is 0.125. The molecule has 204 valence electrons. The van der Waals surface area contributed by atoms with Crippen LogP contribution in [-0.2, 0) is 18.9 Å². The third-order valence-electron chi connectivity index (χ3n) is 7.33. The number of ether oxygens (including phenoxy) is 4. The van der Waals surface area contributed by atoms with Crippen molar-refractivity contribution in [1.82, 2.24) is 0 Å². The zero-order valence-electron chi connectivity index (χ0n) is 20.9.